The normalized spacial score (nSPS) is 17.9. The van der Waals surface area contributed by atoms with E-state index in [4.69, 9.17) is 11.6 Å². The first-order valence-electron chi connectivity index (χ1n) is 4.86. The van der Waals surface area contributed by atoms with Gasteiger partial charge in [0, 0.05) is 4.47 Å². The number of hydrogen-bond donors (Lipinski definition) is 1. The summed E-state index contributed by atoms with van der Waals surface area (Å²) in [5.41, 5.74) is -0.437. The van der Waals surface area contributed by atoms with E-state index in [1.807, 2.05) is 0 Å². The Bertz CT molecular complexity index is 434. The first kappa shape index (κ1) is 11.9. The second kappa shape index (κ2) is 4.00. The lowest BCUT2D eigenvalue weighted by Gasteiger charge is -2.38. The third kappa shape index (κ3) is 1.64. The number of hydrogen-bond acceptors (Lipinski definition) is 1. The van der Waals surface area contributed by atoms with Crippen molar-refractivity contribution in [2.24, 2.45) is 0 Å². The van der Waals surface area contributed by atoms with Gasteiger partial charge in [-0.15, -0.1) is 0 Å². The molecule has 0 amide bonds. The van der Waals surface area contributed by atoms with Crippen LogP contribution in [0.25, 0.3) is 0 Å². The summed E-state index contributed by atoms with van der Waals surface area (Å²) in [6.45, 7) is 0. The molecule has 1 fully saturated rings. The van der Waals surface area contributed by atoms with Crippen molar-refractivity contribution < 1.29 is 14.3 Å². The minimum atomic E-state index is -0.923. The summed E-state index contributed by atoms with van der Waals surface area (Å²) in [5.74, 6) is -1.48. The van der Waals surface area contributed by atoms with Crippen LogP contribution in [-0.2, 0) is 10.2 Å². The number of carbonyl (C=O) groups is 1. The molecule has 0 aliphatic heterocycles. The van der Waals surface area contributed by atoms with Crippen LogP contribution in [0.3, 0.4) is 0 Å². The lowest BCUT2D eigenvalue weighted by atomic mass is 9.64. The molecule has 2 nitrogen and oxygen atoms in total. The fraction of sp³-hybridized carbons (Fsp3) is 0.364. The highest BCUT2D eigenvalue weighted by atomic mass is 79.9. The molecular formula is C11H9BrClFO2. The molecule has 1 aliphatic rings. The molecule has 1 N–H and O–H groups in total. The molecule has 0 heterocycles. The van der Waals surface area contributed by atoms with Gasteiger partial charge in [0.1, 0.15) is 5.82 Å². The Morgan fingerprint density at radius 3 is 2.50 bits per heavy atom. The molecule has 2 rings (SSSR count). The highest BCUT2D eigenvalue weighted by Crippen LogP contribution is 2.45. The molecule has 1 aliphatic carbocycles. The van der Waals surface area contributed by atoms with Crippen LogP contribution in [0.4, 0.5) is 4.39 Å². The number of aliphatic carboxylic acids is 1. The smallest absolute Gasteiger partial charge is 0.314 e. The van der Waals surface area contributed by atoms with Crippen molar-refractivity contribution in [3.8, 4) is 0 Å². The molecule has 0 radical (unpaired) electrons. The third-order valence-corrected chi connectivity index (χ3v) is 4.39. The van der Waals surface area contributed by atoms with Crippen molar-refractivity contribution in [1.29, 1.82) is 0 Å². The van der Waals surface area contributed by atoms with Gasteiger partial charge in [-0.1, -0.05) is 18.0 Å². The minimum Gasteiger partial charge on any atom is -0.481 e. The van der Waals surface area contributed by atoms with Crippen molar-refractivity contribution in [1.82, 2.24) is 0 Å². The van der Waals surface area contributed by atoms with Gasteiger partial charge < -0.3 is 5.11 Å². The van der Waals surface area contributed by atoms with E-state index in [9.17, 15) is 14.3 Å². The summed E-state index contributed by atoms with van der Waals surface area (Å²) < 4.78 is 13.8. The Kier molecular flexibility index (Phi) is 2.97. The Balaban J connectivity index is 2.52. The van der Waals surface area contributed by atoms with Gasteiger partial charge in [0.2, 0.25) is 0 Å². The molecule has 1 saturated carbocycles. The van der Waals surface area contributed by atoms with Gasteiger partial charge in [-0.25, -0.2) is 4.39 Å². The summed E-state index contributed by atoms with van der Waals surface area (Å²) in [6, 6.07) is 2.82. The predicted octanol–water partition coefficient (Wildman–Crippen LogP) is 3.75. The zero-order valence-corrected chi connectivity index (χ0v) is 10.6. The maximum Gasteiger partial charge on any atom is 0.314 e. The van der Waals surface area contributed by atoms with Gasteiger partial charge >= 0.3 is 5.97 Å². The number of benzene rings is 1. The molecular weight excluding hydrogens is 298 g/mol. The molecule has 1 aromatic carbocycles. The number of halogens is 3. The first-order valence-corrected chi connectivity index (χ1v) is 6.03. The van der Waals surface area contributed by atoms with E-state index in [0.717, 1.165) is 6.42 Å². The average molecular weight is 308 g/mol. The molecule has 5 heteroatoms. The predicted molar refractivity (Wildman–Crippen MR) is 62.3 cm³/mol. The Morgan fingerprint density at radius 1 is 1.50 bits per heavy atom. The van der Waals surface area contributed by atoms with Crippen molar-refractivity contribution in [2.45, 2.75) is 24.7 Å². The van der Waals surface area contributed by atoms with Gasteiger partial charge in [-0.3, -0.25) is 4.79 Å². The maximum absolute atomic E-state index is 13.4. The van der Waals surface area contributed by atoms with Gasteiger partial charge in [0.25, 0.3) is 0 Å². The molecule has 0 bridgehead atoms. The second-order valence-corrected chi connectivity index (χ2v) is 5.23. The van der Waals surface area contributed by atoms with Crippen LogP contribution in [0.1, 0.15) is 24.8 Å². The van der Waals surface area contributed by atoms with E-state index in [-0.39, 0.29) is 5.02 Å². The van der Waals surface area contributed by atoms with Gasteiger partial charge in [-0.2, -0.15) is 0 Å². The fourth-order valence-corrected chi connectivity index (χ4v) is 2.53. The van der Waals surface area contributed by atoms with E-state index in [1.165, 1.54) is 6.07 Å². The van der Waals surface area contributed by atoms with E-state index >= 15 is 0 Å². The van der Waals surface area contributed by atoms with Crippen molar-refractivity contribution in [3.05, 3.63) is 33.0 Å². The number of carboxylic acids is 1. The van der Waals surface area contributed by atoms with Crippen LogP contribution in [0.2, 0.25) is 5.02 Å². The van der Waals surface area contributed by atoms with Gasteiger partial charge in [0.05, 0.1) is 10.4 Å². The molecule has 0 unspecified atom stereocenters. The lowest BCUT2D eigenvalue weighted by Crippen LogP contribution is -2.42. The second-order valence-electron chi connectivity index (χ2n) is 3.99. The van der Waals surface area contributed by atoms with Crippen LogP contribution in [0, 0.1) is 5.82 Å². The summed E-state index contributed by atoms with van der Waals surface area (Å²) in [6.07, 6.45) is 1.96. The topological polar surface area (TPSA) is 37.3 Å². The lowest BCUT2D eigenvalue weighted by molar-refractivity contribution is -0.147. The average Bonchev–Trinajstić information content (AvgIpc) is 2.11. The maximum atomic E-state index is 13.4. The Labute approximate surface area is 106 Å². The zero-order chi connectivity index (χ0) is 11.9. The van der Waals surface area contributed by atoms with Crippen LogP contribution in [0.15, 0.2) is 16.6 Å². The van der Waals surface area contributed by atoms with Crippen LogP contribution in [0.5, 0.6) is 0 Å². The summed E-state index contributed by atoms with van der Waals surface area (Å²) in [7, 11) is 0. The summed E-state index contributed by atoms with van der Waals surface area (Å²) >= 11 is 8.80. The summed E-state index contributed by atoms with van der Waals surface area (Å²) in [4.78, 5) is 11.2. The molecule has 16 heavy (non-hydrogen) atoms. The van der Waals surface area contributed by atoms with E-state index < -0.39 is 17.2 Å². The number of carboxylic acid groups (broad SMARTS) is 1. The van der Waals surface area contributed by atoms with Crippen LogP contribution < -0.4 is 0 Å². The van der Waals surface area contributed by atoms with Gasteiger partial charge in [-0.05, 0) is 46.5 Å². The monoisotopic (exact) mass is 306 g/mol. The van der Waals surface area contributed by atoms with E-state index in [0.29, 0.717) is 22.9 Å². The van der Waals surface area contributed by atoms with E-state index in [1.54, 1.807) is 6.07 Å². The molecule has 86 valence electrons. The molecule has 0 aromatic heterocycles. The standard InChI is InChI=1S/C11H9BrClFO2/c12-7-4-6(5-8(14)9(7)13)11(10(15)16)2-1-3-11/h4-5H,1-3H2,(H,15,16). The van der Waals surface area contributed by atoms with Crippen molar-refractivity contribution >= 4 is 33.5 Å². The fourth-order valence-electron chi connectivity index (χ4n) is 1.99. The highest BCUT2D eigenvalue weighted by Gasteiger charge is 2.46. The van der Waals surface area contributed by atoms with Crippen LogP contribution >= 0.6 is 27.5 Å². The Morgan fingerprint density at radius 2 is 2.12 bits per heavy atom. The highest BCUT2D eigenvalue weighted by molar-refractivity contribution is 9.10. The molecule has 0 spiro atoms. The molecule has 1 aromatic rings. The SMILES string of the molecule is O=C(O)C1(c2cc(F)c(Cl)c(Br)c2)CCC1. The quantitative estimate of drug-likeness (QED) is 0.845. The first-order chi connectivity index (χ1) is 7.47. The molecule has 0 saturated heterocycles. The Hall–Kier alpha value is -0.610. The zero-order valence-electron chi connectivity index (χ0n) is 8.27. The number of rotatable bonds is 2. The van der Waals surface area contributed by atoms with Crippen molar-refractivity contribution in [2.75, 3.05) is 0 Å². The van der Waals surface area contributed by atoms with E-state index in [2.05, 4.69) is 15.9 Å². The summed E-state index contributed by atoms with van der Waals surface area (Å²) in [5, 5.41) is 9.21. The van der Waals surface area contributed by atoms with Crippen LogP contribution in [-0.4, -0.2) is 11.1 Å². The molecule has 0 atom stereocenters. The van der Waals surface area contributed by atoms with Gasteiger partial charge in [0.15, 0.2) is 0 Å². The largest absolute Gasteiger partial charge is 0.481 e. The van der Waals surface area contributed by atoms with Crippen molar-refractivity contribution in [3.63, 3.8) is 0 Å². The minimum absolute atomic E-state index is 0.0105. The third-order valence-electron chi connectivity index (χ3n) is 3.15.